The molecule has 3 rings (SSSR count). The van der Waals surface area contributed by atoms with Gasteiger partial charge in [-0.25, -0.2) is 4.98 Å². The third kappa shape index (κ3) is 3.85. The Morgan fingerprint density at radius 2 is 1.76 bits per heavy atom. The standard InChI is InChI=1S/C19H20N2O3S/c1-22-14-8-9-18(24-3)15(10-14)16-12-25-19(21-16)20-11-13-6-4-5-7-17(13)23-2/h4-10,12H,11H2,1-3H3,(H,20,21). The summed E-state index contributed by atoms with van der Waals surface area (Å²) in [4.78, 5) is 4.67. The molecule has 5 nitrogen and oxygen atoms in total. The van der Waals surface area contributed by atoms with Crippen molar-refractivity contribution in [3.05, 3.63) is 53.4 Å². The van der Waals surface area contributed by atoms with Crippen LogP contribution in [-0.4, -0.2) is 26.3 Å². The highest BCUT2D eigenvalue weighted by Gasteiger charge is 2.12. The molecule has 1 N–H and O–H groups in total. The maximum atomic E-state index is 5.44. The van der Waals surface area contributed by atoms with Crippen molar-refractivity contribution in [2.24, 2.45) is 0 Å². The first-order valence-electron chi connectivity index (χ1n) is 7.79. The number of anilines is 1. The number of hydrogen-bond donors (Lipinski definition) is 1. The largest absolute Gasteiger partial charge is 0.497 e. The Labute approximate surface area is 151 Å². The fraction of sp³-hybridized carbons (Fsp3) is 0.211. The maximum Gasteiger partial charge on any atom is 0.183 e. The number of ether oxygens (including phenoxy) is 3. The molecule has 0 fully saturated rings. The highest BCUT2D eigenvalue weighted by atomic mass is 32.1. The van der Waals surface area contributed by atoms with Gasteiger partial charge in [0.05, 0.1) is 27.0 Å². The molecular weight excluding hydrogens is 336 g/mol. The molecule has 2 aromatic carbocycles. The Hall–Kier alpha value is -2.73. The summed E-state index contributed by atoms with van der Waals surface area (Å²) in [6.45, 7) is 0.645. The van der Waals surface area contributed by atoms with E-state index in [2.05, 4.69) is 10.3 Å². The molecule has 0 aliphatic carbocycles. The van der Waals surface area contributed by atoms with Crippen molar-refractivity contribution < 1.29 is 14.2 Å². The number of hydrogen-bond acceptors (Lipinski definition) is 6. The predicted octanol–water partition coefficient (Wildman–Crippen LogP) is 4.45. The molecule has 0 saturated heterocycles. The summed E-state index contributed by atoms with van der Waals surface area (Å²) in [6, 6.07) is 13.6. The lowest BCUT2D eigenvalue weighted by Gasteiger charge is -2.09. The van der Waals surface area contributed by atoms with Gasteiger partial charge in [0.2, 0.25) is 0 Å². The topological polar surface area (TPSA) is 52.6 Å². The third-order valence-electron chi connectivity index (χ3n) is 3.81. The number of thiazole rings is 1. The van der Waals surface area contributed by atoms with Gasteiger partial charge in [0.25, 0.3) is 0 Å². The van der Waals surface area contributed by atoms with E-state index >= 15 is 0 Å². The Morgan fingerprint density at radius 3 is 2.52 bits per heavy atom. The van der Waals surface area contributed by atoms with Crippen LogP contribution in [0.5, 0.6) is 17.2 Å². The quantitative estimate of drug-likeness (QED) is 0.678. The van der Waals surface area contributed by atoms with Gasteiger partial charge in [0.1, 0.15) is 17.2 Å². The molecule has 1 heterocycles. The summed E-state index contributed by atoms with van der Waals surface area (Å²) in [5, 5.41) is 6.19. The molecule has 0 aliphatic rings. The van der Waals surface area contributed by atoms with E-state index in [0.29, 0.717) is 6.54 Å². The van der Waals surface area contributed by atoms with Gasteiger partial charge in [-0.2, -0.15) is 0 Å². The summed E-state index contributed by atoms with van der Waals surface area (Å²) in [5.74, 6) is 2.40. The van der Waals surface area contributed by atoms with Crippen molar-refractivity contribution in [1.29, 1.82) is 0 Å². The van der Waals surface area contributed by atoms with E-state index in [0.717, 1.165) is 39.2 Å². The van der Waals surface area contributed by atoms with Gasteiger partial charge in [0, 0.05) is 23.1 Å². The summed E-state index contributed by atoms with van der Waals surface area (Å²) >= 11 is 1.55. The van der Waals surface area contributed by atoms with Crippen molar-refractivity contribution in [2.75, 3.05) is 26.6 Å². The molecule has 130 valence electrons. The molecule has 3 aromatic rings. The Balaban J connectivity index is 1.79. The molecule has 0 bridgehead atoms. The number of benzene rings is 2. The first-order valence-corrected chi connectivity index (χ1v) is 8.66. The highest BCUT2D eigenvalue weighted by molar-refractivity contribution is 7.14. The van der Waals surface area contributed by atoms with Gasteiger partial charge in [-0.15, -0.1) is 11.3 Å². The van der Waals surface area contributed by atoms with Crippen LogP contribution in [0.4, 0.5) is 5.13 Å². The third-order valence-corrected chi connectivity index (χ3v) is 4.61. The van der Waals surface area contributed by atoms with Gasteiger partial charge < -0.3 is 19.5 Å². The lowest BCUT2D eigenvalue weighted by atomic mass is 10.1. The van der Waals surface area contributed by atoms with Crippen LogP contribution < -0.4 is 19.5 Å². The van der Waals surface area contributed by atoms with Crippen LogP contribution in [0.25, 0.3) is 11.3 Å². The van der Waals surface area contributed by atoms with E-state index in [1.165, 1.54) is 0 Å². The minimum Gasteiger partial charge on any atom is -0.497 e. The second-order valence-electron chi connectivity index (χ2n) is 5.27. The van der Waals surface area contributed by atoms with E-state index in [4.69, 9.17) is 14.2 Å². The van der Waals surface area contributed by atoms with E-state index in [1.54, 1.807) is 32.7 Å². The van der Waals surface area contributed by atoms with Crippen molar-refractivity contribution in [3.8, 4) is 28.5 Å². The number of para-hydroxylation sites is 1. The van der Waals surface area contributed by atoms with Crippen LogP contribution in [0.15, 0.2) is 47.8 Å². The van der Waals surface area contributed by atoms with E-state index in [1.807, 2.05) is 47.8 Å². The molecule has 0 aliphatic heterocycles. The van der Waals surface area contributed by atoms with E-state index in [-0.39, 0.29) is 0 Å². The first kappa shape index (κ1) is 17.1. The Kier molecular flexibility index (Phi) is 5.40. The van der Waals surface area contributed by atoms with Crippen LogP contribution in [0.1, 0.15) is 5.56 Å². The van der Waals surface area contributed by atoms with Crippen LogP contribution in [0.3, 0.4) is 0 Å². The van der Waals surface area contributed by atoms with Crippen LogP contribution in [0.2, 0.25) is 0 Å². The van der Waals surface area contributed by atoms with Crippen molar-refractivity contribution in [2.45, 2.75) is 6.54 Å². The number of nitrogens with zero attached hydrogens (tertiary/aromatic N) is 1. The normalized spacial score (nSPS) is 10.4. The molecule has 25 heavy (non-hydrogen) atoms. The number of nitrogens with one attached hydrogen (secondary N) is 1. The van der Waals surface area contributed by atoms with Crippen LogP contribution >= 0.6 is 11.3 Å². The monoisotopic (exact) mass is 356 g/mol. The summed E-state index contributed by atoms with van der Waals surface area (Å²) < 4.78 is 16.1. The zero-order valence-electron chi connectivity index (χ0n) is 14.4. The first-order chi connectivity index (χ1) is 12.2. The van der Waals surface area contributed by atoms with Gasteiger partial charge in [-0.1, -0.05) is 18.2 Å². The second kappa shape index (κ2) is 7.90. The zero-order valence-corrected chi connectivity index (χ0v) is 15.2. The molecule has 6 heteroatoms. The van der Waals surface area contributed by atoms with E-state index < -0.39 is 0 Å². The van der Waals surface area contributed by atoms with Crippen molar-refractivity contribution >= 4 is 16.5 Å². The van der Waals surface area contributed by atoms with Gasteiger partial charge >= 0.3 is 0 Å². The van der Waals surface area contributed by atoms with Crippen LogP contribution in [-0.2, 0) is 6.54 Å². The smallest absolute Gasteiger partial charge is 0.183 e. The van der Waals surface area contributed by atoms with Gasteiger partial charge in [0.15, 0.2) is 5.13 Å². The molecule has 0 saturated carbocycles. The molecule has 0 radical (unpaired) electrons. The molecule has 1 aromatic heterocycles. The minimum atomic E-state index is 0.645. The van der Waals surface area contributed by atoms with Crippen molar-refractivity contribution in [3.63, 3.8) is 0 Å². The van der Waals surface area contributed by atoms with E-state index in [9.17, 15) is 0 Å². The molecule has 0 spiro atoms. The molecular formula is C19H20N2O3S. The average Bonchev–Trinajstić information content (AvgIpc) is 3.14. The summed E-state index contributed by atoms with van der Waals surface area (Å²) in [5.41, 5.74) is 2.84. The Morgan fingerprint density at radius 1 is 0.960 bits per heavy atom. The number of rotatable bonds is 7. The zero-order chi connectivity index (χ0) is 17.6. The lowest BCUT2D eigenvalue weighted by Crippen LogP contribution is -2.01. The average molecular weight is 356 g/mol. The highest BCUT2D eigenvalue weighted by Crippen LogP contribution is 2.35. The Bertz CT molecular complexity index is 848. The second-order valence-corrected chi connectivity index (χ2v) is 6.13. The minimum absolute atomic E-state index is 0.645. The number of aromatic nitrogens is 1. The summed E-state index contributed by atoms with van der Waals surface area (Å²) in [7, 11) is 4.97. The fourth-order valence-electron chi connectivity index (χ4n) is 2.51. The molecule has 0 amide bonds. The van der Waals surface area contributed by atoms with Gasteiger partial charge in [-0.05, 0) is 24.3 Å². The molecule has 0 unspecified atom stereocenters. The van der Waals surface area contributed by atoms with Crippen molar-refractivity contribution in [1.82, 2.24) is 4.98 Å². The SMILES string of the molecule is COc1ccc(OC)c(-c2csc(NCc3ccccc3OC)n2)c1. The maximum absolute atomic E-state index is 5.44. The lowest BCUT2D eigenvalue weighted by molar-refractivity contribution is 0.404. The summed E-state index contributed by atoms with van der Waals surface area (Å²) in [6.07, 6.45) is 0. The molecule has 0 atom stereocenters. The predicted molar refractivity (Wildman–Crippen MR) is 101 cm³/mol. The van der Waals surface area contributed by atoms with Crippen LogP contribution in [0, 0.1) is 0 Å². The fourth-order valence-corrected chi connectivity index (χ4v) is 3.22. The van der Waals surface area contributed by atoms with Gasteiger partial charge in [-0.3, -0.25) is 0 Å². The number of methoxy groups -OCH3 is 3.